The molecule has 1 aromatic carbocycles. The van der Waals surface area contributed by atoms with Crippen molar-refractivity contribution in [3.63, 3.8) is 0 Å². The lowest BCUT2D eigenvalue weighted by Gasteiger charge is -2.13. The van der Waals surface area contributed by atoms with Crippen LogP contribution in [0.1, 0.15) is 31.1 Å². The highest BCUT2D eigenvalue weighted by Gasteiger charge is 2.13. The highest BCUT2D eigenvalue weighted by atomic mass is 16.5. The van der Waals surface area contributed by atoms with Crippen molar-refractivity contribution in [3.8, 4) is 11.5 Å². The minimum Gasteiger partial charge on any atom is -0.504 e. The first-order valence-corrected chi connectivity index (χ1v) is 4.68. The van der Waals surface area contributed by atoms with Gasteiger partial charge < -0.3 is 14.9 Å². The standard InChI is InChI=1S/C11H16O3/c1-4-8-5-9(7(2)12)11(13)10(6-8)14-3/h5-7,12-13H,4H2,1-3H3. The quantitative estimate of drug-likeness (QED) is 0.777. The minimum atomic E-state index is -0.685. The van der Waals surface area contributed by atoms with Crippen molar-refractivity contribution in [2.45, 2.75) is 26.4 Å². The minimum absolute atomic E-state index is 0.0275. The second kappa shape index (κ2) is 4.33. The number of aromatic hydroxyl groups is 1. The van der Waals surface area contributed by atoms with Gasteiger partial charge in [0, 0.05) is 5.56 Å². The molecule has 0 heterocycles. The molecule has 78 valence electrons. The molecule has 0 bridgehead atoms. The van der Waals surface area contributed by atoms with E-state index in [9.17, 15) is 10.2 Å². The normalized spacial score (nSPS) is 12.6. The smallest absolute Gasteiger partial charge is 0.163 e. The van der Waals surface area contributed by atoms with Crippen molar-refractivity contribution in [1.82, 2.24) is 0 Å². The Morgan fingerprint density at radius 1 is 1.43 bits per heavy atom. The SMILES string of the molecule is CCc1cc(OC)c(O)c(C(C)O)c1. The van der Waals surface area contributed by atoms with E-state index in [1.54, 1.807) is 19.1 Å². The summed E-state index contributed by atoms with van der Waals surface area (Å²) >= 11 is 0. The monoisotopic (exact) mass is 196 g/mol. The molecule has 0 aromatic heterocycles. The number of phenols is 1. The molecule has 0 spiro atoms. The Hall–Kier alpha value is -1.22. The lowest BCUT2D eigenvalue weighted by molar-refractivity contribution is 0.193. The molecule has 0 radical (unpaired) electrons. The number of aliphatic hydroxyl groups excluding tert-OH is 1. The zero-order valence-corrected chi connectivity index (χ0v) is 8.74. The first kappa shape index (κ1) is 10.9. The molecule has 0 fully saturated rings. The number of aryl methyl sites for hydroxylation is 1. The molecular formula is C11H16O3. The van der Waals surface area contributed by atoms with Crippen LogP contribution in [0.3, 0.4) is 0 Å². The third-order valence-corrected chi connectivity index (χ3v) is 2.24. The molecule has 3 heteroatoms. The number of aliphatic hydroxyl groups is 1. The zero-order chi connectivity index (χ0) is 10.7. The van der Waals surface area contributed by atoms with Crippen molar-refractivity contribution in [1.29, 1.82) is 0 Å². The Kier molecular flexibility index (Phi) is 3.36. The largest absolute Gasteiger partial charge is 0.504 e. The first-order chi connectivity index (χ1) is 6.60. The summed E-state index contributed by atoms with van der Waals surface area (Å²) in [5.74, 6) is 0.444. The summed E-state index contributed by atoms with van der Waals surface area (Å²) in [5.41, 5.74) is 1.55. The maximum Gasteiger partial charge on any atom is 0.163 e. The Labute approximate surface area is 84.0 Å². The molecular weight excluding hydrogens is 180 g/mol. The number of hydrogen-bond donors (Lipinski definition) is 2. The Morgan fingerprint density at radius 2 is 2.07 bits per heavy atom. The van der Waals surface area contributed by atoms with Crippen LogP contribution in [0.15, 0.2) is 12.1 Å². The van der Waals surface area contributed by atoms with E-state index in [0.29, 0.717) is 11.3 Å². The van der Waals surface area contributed by atoms with Crippen LogP contribution in [0.4, 0.5) is 0 Å². The first-order valence-electron chi connectivity index (χ1n) is 4.68. The number of hydrogen-bond acceptors (Lipinski definition) is 3. The number of ether oxygens (including phenoxy) is 1. The van der Waals surface area contributed by atoms with Gasteiger partial charge in [0.05, 0.1) is 13.2 Å². The molecule has 0 aliphatic heterocycles. The van der Waals surface area contributed by atoms with E-state index in [1.165, 1.54) is 7.11 Å². The lowest BCUT2D eigenvalue weighted by Crippen LogP contribution is -1.96. The van der Waals surface area contributed by atoms with E-state index in [-0.39, 0.29) is 5.75 Å². The van der Waals surface area contributed by atoms with E-state index in [0.717, 1.165) is 12.0 Å². The second-order valence-electron chi connectivity index (χ2n) is 3.27. The van der Waals surface area contributed by atoms with Gasteiger partial charge in [0.15, 0.2) is 11.5 Å². The van der Waals surface area contributed by atoms with E-state index in [1.807, 2.05) is 6.92 Å². The molecule has 0 aliphatic rings. The third-order valence-electron chi connectivity index (χ3n) is 2.24. The zero-order valence-electron chi connectivity index (χ0n) is 8.74. The Morgan fingerprint density at radius 3 is 2.50 bits per heavy atom. The van der Waals surface area contributed by atoms with Crippen molar-refractivity contribution >= 4 is 0 Å². The van der Waals surface area contributed by atoms with Gasteiger partial charge in [0.1, 0.15) is 0 Å². The number of rotatable bonds is 3. The molecule has 14 heavy (non-hydrogen) atoms. The highest BCUT2D eigenvalue weighted by Crippen LogP contribution is 2.35. The topological polar surface area (TPSA) is 49.7 Å². The average Bonchev–Trinajstić information content (AvgIpc) is 2.17. The molecule has 1 aromatic rings. The summed E-state index contributed by atoms with van der Waals surface area (Å²) in [6, 6.07) is 3.57. The number of methoxy groups -OCH3 is 1. The lowest BCUT2D eigenvalue weighted by atomic mass is 10.0. The number of benzene rings is 1. The van der Waals surface area contributed by atoms with Crippen LogP contribution >= 0.6 is 0 Å². The maximum absolute atomic E-state index is 9.69. The molecule has 1 atom stereocenters. The van der Waals surface area contributed by atoms with Crippen LogP contribution in [0.2, 0.25) is 0 Å². The molecule has 2 N–H and O–H groups in total. The fourth-order valence-corrected chi connectivity index (χ4v) is 1.37. The Balaban J connectivity index is 3.27. The van der Waals surface area contributed by atoms with Gasteiger partial charge in [0.2, 0.25) is 0 Å². The van der Waals surface area contributed by atoms with E-state index in [2.05, 4.69) is 0 Å². The molecule has 0 saturated carbocycles. The number of phenolic OH excluding ortho intramolecular Hbond substituents is 1. The van der Waals surface area contributed by atoms with Crippen molar-refractivity contribution < 1.29 is 14.9 Å². The average molecular weight is 196 g/mol. The summed E-state index contributed by atoms with van der Waals surface area (Å²) in [6.45, 7) is 3.63. The molecule has 0 aliphatic carbocycles. The van der Waals surface area contributed by atoms with Crippen molar-refractivity contribution in [3.05, 3.63) is 23.3 Å². The highest BCUT2D eigenvalue weighted by molar-refractivity contribution is 5.49. The van der Waals surface area contributed by atoms with Gasteiger partial charge in [-0.05, 0) is 31.0 Å². The molecule has 0 amide bonds. The maximum atomic E-state index is 9.69. The summed E-state index contributed by atoms with van der Waals surface area (Å²) < 4.78 is 5.02. The second-order valence-corrected chi connectivity index (χ2v) is 3.27. The molecule has 0 saturated heterocycles. The molecule has 1 rings (SSSR count). The van der Waals surface area contributed by atoms with Gasteiger partial charge in [-0.1, -0.05) is 6.92 Å². The Bertz CT molecular complexity index is 319. The predicted molar refractivity (Wildman–Crippen MR) is 54.7 cm³/mol. The fraction of sp³-hybridized carbons (Fsp3) is 0.455. The van der Waals surface area contributed by atoms with Crippen molar-refractivity contribution in [2.75, 3.05) is 7.11 Å². The van der Waals surface area contributed by atoms with E-state index in [4.69, 9.17) is 4.74 Å². The summed E-state index contributed by atoms with van der Waals surface area (Å²) in [5, 5.41) is 19.1. The summed E-state index contributed by atoms with van der Waals surface area (Å²) in [4.78, 5) is 0. The van der Waals surface area contributed by atoms with Crippen LogP contribution < -0.4 is 4.74 Å². The third kappa shape index (κ3) is 1.99. The van der Waals surface area contributed by atoms with Gasteiger partial charge >= 0.3 is 0 Å². The van der Waals surface area contributed by atoms with E-state index >= 15 is 0 Å². The predicted octanol–water partition coefficient (Wildman–Crippen LogP) is 2.02. The summed E-state index contributed by atoms with van der Waals surface area (Å²) in [7, 11) is 1.50. The van der Waals surface area contributed by atoms with Crippen LogP contribution in [0, 0.1) is 0 Å². The van der Waals surface area contributed by atoms with E-state index < -0.39 is 6.10 Å². The van der Waals surface area contributed by atoms with Gasteiger partial charge in [0.25, 0.3) is 0 Å². The van der Waals surface area contributed by atoms with Gasteiger partial charge in [-0.15, -0.1) is 0 Å². The van der Waals surface area contributed by atoms with Crippen LogP contribution in [-0.2, 0) is 6.42 Å². The van der Waals surface area contributed by atoms with Gasteiger partial charge in [-0.2, -0.15) is 0 Å². The fourth-order valence-electron chi connectivity index (χ4n) is 1.37. The summed E-state index contributed by atoms with van der Waals surface area (Å²) in [6.07, 6.45) is 0.159. The van der Waals surface area contributed by atoms with Crippen LogP contribution in [0.5, 0.6) is 11.5 Å². The van der Waals surface area contributed by atoms with Crippen LogP contribution in [0.25, 0.3) is 0 Å². The van der Waals surface area contributed by atoms with Gasteiger partial charge in [-0.25, -0.2) is 0 Å². The van der Waals surface area contributed by atoms with Gasteiger partial charge in [-0.3, -0.25) is 0 Å². The molecule has 1 unspecified atom stereocenters. The molecule has 3 nitrogen and oxygen atoms in total. The van der Waals surface area contributed by atoms with Crippen molar-refractivity contribution in [2.24, 2.45) is 0 Å². The van der Waals surface area contributed by atoms with Crippen LogP contribution in [-0.4, -0.2) is 17.3 Å².